The van der Waals surface area contributed by atoms with Crippen molar-refractivity contribution in [2.45, 2.75) is 19.4 Å². The van der Waals surface area contributed by atoms with E-state index in [1.807, 2.05) is 6.92 Å². The van der Waals surface area contributed by atoms with Crippen molar-refractivity contribution < 1.29 is 19.4 Å². The monoisotopic (exact) mass is 432 g/mol. The van der Waals surface area contributed by atoms with Crippen LogP contribution in [0.3, 0.4) is 0 Å². The molecule has 0 saturated carbocycles. The molecule has 0 spiro atoms. The summed E-state index contributed by atoms with van der Waals surface area (Å²) in [7, 11) is 1.27. The van der Waals surface area contributed by atoms with Gasteiger partial charge in [-0.2, -0.15) is 0 Å². The lowest BCUT2D eigenvalue weighted by atomic mass is 9.94. The molecular weight excluding hydrogens is 420 g/mol. The Hall–Kier alpha value is -1.54. The van der Waals surface area contributed by atoms with E-state index in [1.54, 1.807) is 12.1 Å². The average Bonchev–Trinajstić information content (AvgIpc) is 2.49. The van der Waals surface area contributed by atoms with Gasteiger partial charge in [0.05, 0.1) is 23.2 Å². The maximum atomic E-state index is 12.1. The van der Waals surface area contributed by atoms with Crippen molar-refractivity contribution >= 4 is 43.9 Å². The van der Waals surface area contributed by atoms with Gasteiger partial charge in [-0.15, -0.1) is 0 Å². The quantitative estimate of drug-likeness (QED) is 0.639. The van der Waals surface area contributed by atoms with Gasteiger partial charge in [0.2, 0.25) is 0 Å². The zero-order valence-electron chi connectivity index (χ0n) is 11.9. The topological polar surface area (TPSA) is 87.7 Å². The molecule has 118 valence electrons. The normalized spacial score (nSPS) is 17.8. The van der Waals surface area contributed by atoms with Crippen LogP contribution in [0, 0.1) is 0 Å². The summed E-state index contributed by atoms with van der Waals surface area (Å²) >= 11 is 6.58. The molecule has 1 aliphatic heterocycles. The van der Waals surface area contributed by atoms with E-state index in [-0.39, 0.29) is 11.3 Å². The molecule has 2 rings (SSSR count). The number of allylic oxidation sites excluding steroid dienone is 1. The van der Waals surface area contributed by atoms with Gasteiger partial charge in [0.25, 0.3) is 0 Å². The van der Waals surface area contributed by atoms with E-state index >= 15 is 0 Å². The van der Waals surface area contributed by atoms with Crippen LogP contribution in [0.4, 0.5) is 4.79 Å². The summed E-state index contributed by atoms with van der Waals surface area (Å²) in [5, 5.41) is 15.5. The van der Waals surface area contributed by atoms with Gasteiger partial charge in [-0.05, 0) is 34.5 Å². The number of carbonyl (C=O) groups excluding carboxylic acids is 2. The standard InChI is InChI=1S/C14H14Br2N2O4/c1-3-9-10(13(20)22-2)11(18-14(21)17-9)7-4-6(15)5-8(16)12(7)19/h4-5,11,19H,3H2,1-2H3,(H2,17,18,21). The molecule has 1 heterocycles. The van der Waals surface area contributed by atoms with E-state index in [0.29, 0.717) is 26.6 Å². The van der Waals surface area contributed by atoms with E-state index in [1.165, 1.54) is 7.11 Å². The lowest BCUT2D eigenvalue weighted by Crippen LogP contribution is -2.45. The fraction of sp³-hybridized carbons (Fsp3) is 0.286. The zero-order valence-corrected chi connectivity index (χ0v) is 15.0. The number of benzene rings is 1. The summed E-state index contributed by atoms with van der Waals surface area (Å²) in [6, 6.07) is 2.08. The van der Waals surface area contributed by atoms with Gasteiger partial charge < -0.3 is 20.5 Å². The molecule has 0 aromatic heterocycles. The number of aromatic hydroxyl groups is 1. The first-order valence-corrected chi connectivity index (χ1v) is 8.04. The molecule has 0 radical (unpaired) electrons. The van der Waals surface area contributed by atoms with Gasteiger partial charge >= 0.3 is 12.0 Å². The second-order valence-electron chi connectivity index (χ2n) is 4.59. The van der Waals surface area contributed by atoms with Gasteiger partial charge in [0, 0.05) is 15.7 Å². The van der Waals surface area contributed by atoms with Crippen molar-refractivity contribution in [3.05, 3.63) is 37.9 Å². The van der Waals surface area contributed by atoms with Crippen LogP contribution in [-0.4, -0.2) is 24.2 Å². The Balaban J connectivity index is 2.65. The third kappa shape index (κ3) is 3.12. The molecule has 0 saturated heterocycles. The number of phenolic OH excluding ortho intramolecular Hbond substituents is 1. The minimum Gasteiger partial charge on any atom is -0.506 e. The fourth-order valence-electron chi connectivity index (χ4n) is 2.29. The lowest BCUT2D eigenvalue weighted by molar-refractivity contribution is -0.136. The summed E-state index contributed by atoms with van der Waals surface area (Å²) in [6.45, 7) is 1.82. The van der Waals surface area contributed by atoms with Gasteiger partial charge in [-0.25, -0.2) is 9.59 Å². The minimum atomic E-state index is -0.801. The Kier molecular flexibility index (Phi) is 5.12. The largest absolute Gasteiger partial charge is 0.506 e. The predicted octanol–water partition coefficient (Wildman–Crippen LogP) is 3.11. The Morgan fingerprint density at radius 3 is 2.68 bits per heavy atom. The zero-order chi connectivity index (χ0) is 16.4. The number of phenols is 1. The maximum Gasteiger partial charge on any atom is 0.337 e. The van der Waals surface area contributed by atoms with Gasteiger partial charge in [0.15, 0.2) is 0 Å². The summed E-state index contributed by atoms with van der Waals surface area (Å²) in [6.07, 6.45) is 0.449. The van der Waals surface area contributed by atoms with Crippen LogP contribution in [0.5, 0.6) is 5.75 Å². The number of rotatable bonds is 3. The number of carbonyl (C=O) groups is 2. The lowest BCUT2D eigenvalue weighted by Gasteiger charge is -2.29. The summed E-state index contributed by atoms with van der Waals surface area (Å²) in [5.74, 6) is -0.614. The smallest absolute Gasteiger partial charge is 0.337 e. The molecule has 0 fully saturated rings. The number of esters is 1. The van der Waals surface area contributed by atoms with E-state index in [0.717, 1.165) is 0 Å². The number of urea groups is 1. The van der Waals surface area contributed by atoms with E-state index in [9.17, 15) is 14.7 Å². The Labute approximate surface area is 144 Å². The number of ether oxygens (including phenoxy) is 1. The third-order valence-corrected chi connectivity index (χ3v) is 4.34. The molecule has 1 atom stereocenters. The predicted molar refractivity (Wildman–Crippen MR) is 87.2 cm³/mol. The number of amides is 2. The molecule has 8 heteroatoms. The van der Waals surface area contributed by atoms with Gasteiger partial charge in [-0.3, -0.25) is 0 Å². The summed E-state index contributed by atoms with van der Waals surface area (Å²) in [5.41, 5.74) is 1.13. The van der Waals surface area contributed by atoms with Crippen molar-refractivity contribution in [2.75, 3.05) is 7.11 Å². The number of halogens is 2. The maximum absolute atomic E-state index is 12.1. The second kappa shape index (κ2) is 6.70. The molecule has 22 heavy (non-hydrogen) atoms. The molecule has 1 aliphatic rings. The van der Waals surface area contributed by atoms with Crippen LogP contribution < -0.4 is 10.6 Å². The third-order valence-electron chi connectivity index (χ3n) is 3.28. The Morgan fingerprint density at radius 1 is 1.41 bits per heavy atom. The van der Waals surface area contributed by atoms with Crippen molar-refractivity contribution in [3.8, 4) is 5.75 Å². The number of nitrogens with one attached hydrogen (secondary N) is 2. The first kappa shape index (κ1) is 16.8. The molecule has 0 bridgehead atoms. The SMILES string of the molecule is CCC1=C(C(=O)OC)C(c2cc(Br)cc(Br)c2O)NC(=O)N1. The van der Waals surface area contributed by atoms with Crippen LogP contribution in [0.1, 0.15) is 24.9 Å². The highest BCUT2D eigenvalue weighted by atomic mass is 79.9. The van der Waals surface area contributed by atoms with Crippen molar-refractivity contribution in [3.63, 3.8) is 0 Å². The van der Waals surface area contributed by atoms with Crippen LogP contribution >= 0.6 is 31.9 Å². The van der Waals surface area contributed by atoms with E-state index in [2.05, 4.69) is 42.5 Å². The summed E-state index contributed by atoms with van der Waals surface area (Å²) in [4.78, 5) is 24.0. The first-order valence-electron chi connectivity index (χ1n) is 6.45. The highest BCUT2D eigenvalue weighted by Crippen LogP contribution is 2.39. The second-order valence-corrected chi connectivity index (χ2v) is 6.36. The molecule has 3 N–H and O–H groups in total. The molecule has 2 amide bonds. The number of methoxy groups -OCH3 is 1. The summed E-state index contributed by atoms with van der Waals surface area (Å²) < 4.78 is 5.96. The highest BCUT2D eigenvalue weighted by Gasteiger charge is 2.34. The number of hydrogen-bond acceptors (Lipinski definition) is 4. The number of hydrogen-bond donors (Lipinski definition) is 3. The first-order chi connectivity index (χ1) is 10.4. The fourth-order valence-corrected chi connectivity index (χ4v) is 3.55. The minimum absolute atomic E-state index is 0.0488. The van der Waals surface area contributed by atoms with Crippen molar-refractivity contribution in [1.29, 1.82) is 0 Å². The van der Waals surface area contributed by atoms with Crippen molar-refractivity contribution in [1.82, 2.24) is 10.6 Å². The van der Waals surface area contributed by atoms with E-state index < -0.39 is 18.0 Å². The van der Waals surface area contributed by atoms with Crippen LogP contribution in [0.25, 0.3) is 0 Å². The molecule has 1 unspecified atom stereocenters. The average molecular weight is 434 g/mol. The van der Waals surface area contributed by atoms with Gasteiger partial charge in [-0.1, -0.05) is 22.9 Å². The van der Waals surface area contributed by atoms with Crippen LogP contribution in [0.15, 0.2) is 32.3 Å². The molecule has 0 aliphatic carbocycles. The van der Waals surface area contributed by atoms with E-state index in [4.69, 9.17) is 4.74 Å². The molecular formula is C14H14Br2N2O4. The van der Waals surface area contributed by atoms with Gasteiger partial charge in [0.1, 0.15) is 5.75 Å². The van der Waals surface area contributed by atoms with Crippen LogP contribution in [0.2, 0.25) is 0 Å². The Bertz CT molecular complexity index is 673. The van der Waals surface area contributed by atoms with Crippen molar-refractivity contribution in [2.24, 2.45) is 0 Å². The van der Waals surface area contributed by atoms with Crippen LogP contribution in [-0.2, 0) is 9.53 Å². The molecule has 6 nitrogen and oxygen atoms in total. The Morgan fingerprint density at radius 2 is 2.09 bits per heavy atom. The highest BCUT2D eigenvalue weighted by molar-refractivity contribution is 9.11. The molecule has 1 aromatic rings. The molecule has 1 aromatic carbocycles.